The Labute approximate surface area is 155 Å². The van der Waals surface area contributed by atoms with E-state index in [0.717, 1.165) is 24.2 Å². The average molecular weight is 355 g/mol. The molecule has 5 nitrogen and oxygen atoms in total. The molecule has 140 valence electrons. The van der Waals surface area contributed by atoms with Crippen LogP contribution in [0.4, 0.5) is 5.69 Å². The van der Waals surface area contributed by atoms with E-state index in [1.807, 2.05) is 13.8 Å². The van der Waals surface area contributed by atoms with Gasteiger partial charge in [-0.3, -0.25) is 9.59 Å². The summed E-state index contributed by atoms with van der Waals surface area (Å²) in [6.45, 7) is 7.93. The fraction of sp³-hybridized carbons (Fsp3) is 0.476. The Morgan fingerprint density at radius 2 is 1.73 bits per heavy atom. The lowest BCUT2D eigenvalue weighted by atomic mass is 10.0. The van der Waals surface area contributed by atoms with E-state index < -0.39 is 0 Å². The van der Waals surface area contributed by atoms with Crippen molar-refractivity contribution in [2.75, 3.05) is 5.32 Å². The summed E-state index contributed by atoms with van der Waals surface area (Å²) in [6.07, 6.45) is 6.18. The zero-order valence-electron chi connectivity index (χ0n) is 16.3. The minimum atomic E-state index is -0.140. The Morgan fingerprint density at radius 3 is 2.35 bits per heavy atom. The quantitative estimate of drug-likeness (QED) is 0.701. The number of hydrogen-bond donors (Lipinski definition) is 1. The van der Waals surface area contributed by atoms with Gasteiger partial charge in [0.15, 0.2) is 0 Å². The maximum Gasteiger partial charge on any atom is 0.278 e. The predicted molar refractivity (Wildman–Crippen MR) is 105 cm³/mol. The molecule has 1 N–H and O–H groups in total. The van der Waals surface area contributed by atoms with E-state index >= 15 is 0 Å². The van der Waals surface area contributed by atoms with Gasteiger partial charge in [-0.1, -0.05) is 33.1 Å². The van der Waals surface area contributed by atoms with Crippen molar-refractivity contribution >= 4 is 17.5 Å². The molecule has 0 unspecified atom stereocenters. The van der Waals surface area contributed by atoms with Crippen molar-refractivity contribution in [3.63, 3.8) is 0 Å². The lowest BCUT2D eigenvalue weighted by Crippen LogP contribution is -2.16. The van der Waals surface area contributed by atoms with Crippen LogP contribution in [0.15, 0.2) is 24.3 Å². The van der Waals surface area contributed by atoms with E-state index in [4.69, 9.17) is 0 Å². The first-order valence-electron chi connectivity index (χ1n) is 9.47. The van der Waals surface area contributed by atoms with Crippen molar-refractivity contribution in [3.8, 4) is 0 Å². The first-order valence-corrected chi connectivity index (χ1v) is 9.47. The van der Waals surface area contributed by atoms with Crippen LogP contribution in [0.3, 0.4) is 0 Å². The third-order valence-electron chi connectivity index (χ3n) is 4.65. The number of nitrogens with one attached hydrogen (secondary N) is 1. The molecule has 0 saturated carbocycles. The van der Waals surface area contributed by atoms with Gasteiger partial charge in [0.1, 0.15) is 0 Å². The largest absolute Gasteiger partial charge is 0.326 e. The molecule has 0 aliphatic carbocycles. The highest BCUT2D eigenvalue weighted by Crippen LogP contribution is 2.19. The summed E-state index contributed by atoms with van der Waals surface area (Å²) in [6, 6.07) is 6.95. The molecule has 1 heterocycles. The highest BCUT2D eigenvalue weighted by Gasteiger charge is 2.17. The number of amides is 1. The van der Waals surface area contributed by atoms with Gasteiger partial charge in [-0.2, -0.15) is 5.10 Å². The molecule has 1 aromatic heterocycles. The van der Waals surface area contributed by atoms with Gasteiger partial charge in [0, 0.05) is 23.4 Å². The molecular formula is C21H29N3O2. The van der Waals surface area contributed by atoms with E-state index in [9.17, 15) is 9.59 Å². The van der Waals surface area contributed by atoms with Crippen LogP contribution in [0.1, 0.15) is 73.3 Å². The SMILES string of the molecule is CCCCCCc1c(C)nn(C(=O)c2ccc(NC(=O)CC)cc2)c1C. The Kier molecular flexibility index (Phi) is 7.13. The van der Waals surface area contributed by atoms with Crippen molar-refractivity contribution < 1.29 is 9.59 Å². The van der Waals surface area contributed by atoms with Crippen LogP contribution in [-0.4, -0.2) is 21.6 Å². The van der Waals surface area contributed by atoms with Crippen LogP contribution < -0.4 is 5.32 Å². The van der Waals surface area contributed by atoms with Crippen LogP contribution in [-0.2, 0) is 11.2 Å². The molecular weight excluding hydrogens is 326 g/mol. The third kappa shape index (κ3) is 4.81. The summed E-state index contributed by atoms with van der Waals surface area (Å²) in [4.78, 5) is 24.3. The molecule has 1 amide bonds. The number of anilines is 1. The predicted octanol–water partition coefficient (Wildman–Crippen LogP) is 4.66. The van der Waals surface area contributed by atoms with Gasteiger partial charge in [0.25, 0.3) is 5.91 Å². The summed E-state index contributed by atoms with van der Waals surface area (Å²) in [5.41, 5.74) is 4.29. The number of nitrogens with zero attached hydrogens (tertiary/aromatic N) is 2. The fourth-order valence-electron chi connectivity index (χ4n) is 3.03. The van der Waals surface area contributed by atoms with E-state index in [1.54, 1.807) is 31.2 Å². The lowest BCUT2D eigenvalue weighted by molar-refractivity contribution is -0.115. The molecule has 0 bridgehead atoms. The molecule has 0 radical (unpaired) electrons. The zero-order valence-corrected chi connectivity index (χ0v) is 16.3. The molecule has 2 rings (SSSR count). The third-order valence-corrected chi connectivity index (χ3v) is 4.65. The van der Waals surface area contributed by atoms with E-state index in [2.05, 4.69) is 17.3 Å². The summed E-state index contributed by atoms with van der Waals surface area (Å²) in [5.74, 6) is -0.186. The van der Waals surface area contributed by atoms with Crippen LogP contribution in [0.5, 0.6) is 0 Å². The molecule has 26 heavy (non-hydrogen) atoms. The fourth-order valence-corrected chi connectivity index (χ4v) is 3.03. The second kappa shape index (κ2) is 9.32. The van der Waals surface area contributed by atoms with Crippen LogP contribution in [0, 0.1) is 13.8 Å². The van der Waals surface area contributed by atoms with Crippen molar-refractivity contribution in [3.05, 3.63) is 46.8 Å². The topological polar surface area (TPSA) is 64.0 Å². The lowest BCUT2D eigenvalue weighted by Gasteiger charge is -2.07. The number of aryl methyl sites for hydroxylation is 1. The number of unbranched alkanes of at least 4 members (excludes halogenated alkanes) is 3. The monoisotopic (exact) mass is 355 g/mol. The minimum Gasteiger partial charge on any atom is -0.326 e. The van der Waals surface area contributed by atoms with E-state index in [1.165, 1.54) is 29.5 Å². The standard InChI is InChI=1S/C21H29N3O2/c1-5-7-8-9-10-19-15(3)23-24(16(19)4)21(26)17-11-13-18(14-12-17)22-20(25)6-2/h11-14H,5-10H2,1-4H3,(H,22,25). The van der Waals surface area contributed by atoms with Crippen LogP contribution >= 0.6 is 0 Å². The van der Waals surface area contributed by atoms with E-state index in [0.29, 0.717) is 17.7 Å². The summed E-state index contributed by atoms with van der Waals surface area (Å²) in [5, 5.41) is 7.25. The highest BCUT2D eigenvalue weighted by molar-refractivity contribution is 5.97. The Morgan fingerprint density at radius 1 is 1.04 bits per heavy atom. The summed E-state index contributed by atoms with van der Waals surface area (Å²) in [7, 11) is 0. The molecule has 0 saturated heterocycles. The second-order valence-corrected chi connectivity index (χ2v) is 6.66. The smallest absolute Gasteiger partial charge is 0.278 e. The Hall–Kier alpha value is -2.43. The Balaban J connectivity index is 2.13. The van der Waals surface area contributed by atoms with Gasteiger partial charge in [0.2, 0.25) is 5.91 Å². The molecule has 0 fully saturated rings. The summed E-state index contributed by atoms with van der Waals surface area (Å²) >= 11 is 0. The van der Waals surface area contributed by atoms with E-state index in [-0.39, 0.29) is 11.8 Å². The van der Waals surface area contributed by atoms with Crippen molar-refractivity contribution in [2.45, 2.75) is 66.2 Å². The first kappa shape index (κ1) is 19.9. The van der Waals surface area contributed by atoms with Crippen LogP contribution in [0.25, 0.3) is 0 Å². The number of rotatable bonds is 8. The minimum absolute atomic E-state index is 0.0460. The normalized spacial score (nSPS) is 10.8. The molecule has 1 aromatic carbocycles. The van der Waals surface area contributed by atoms with Crippen LogP contribution in [0.2, 0.25) is 0 Å². The molecule has 2 aromatic rings. The number of benzene rings is 1. The first-order chi connectivity index (χ1) is 12.5. The maximum atomic E-state index is 12.8. The molecule has 0 aliphatic heterocycles. The van der Waals surface area contributed by atoms with Crippen molar-refractivity contribution in [2.24, 2.45) is 0 Å². The Bertz CT molecular complexity index is 760. The van der Waals surface area contributed by atoms with Gasteiger partial charge in [0.05, 0.1) is 5.69 Å². The van der Waals surface area contributed by atoms with Crippen molar-refractivity contribution in [1.82, 2.24) is 9.78 Å². The van der Waals surface area contributed by atoms with Gasteiger partial charge in [-0.05, 0) is 56.5 Å². The molecule has 0 atom stereocenters. The number of carbonyl (C=O) groups excluding carboxylic acids is 2. The molecule has 0 aliphatic rings. The average Bonchev–Trinajstić information content (AvgIpc) is 2.93. The van der Waals surface area contributed by atoms with Gasteiger partial charge in [-0.15, -0.1) is 0 Å². The highest BCUT2D eigenvalue weighted by atomic mass is 16.2. The van der Waals surface area contributed by atoms with Crippen molar-refractivity contribution in [1.29, 1.82) is 0 Å². The summed E-state index contributed by atoms with van der Waals surface area (Å²) < 4.78 is 1.50. The zero-order chi connectivity index (χ0) is 19.1. The molecule has 0 spiro atoms. The second-order valence-electron chi connectivity index (χ2n) is 6.66. The van der Waals surface area contributed by atoms with Gasteiger partial charge in [-0.25, -0.2) is 4.68 Å². The number of aromatic nitrogens is 2. The number of carbonyl (C=O) groups is 2. The maximum absolute atomic E-state index is 12.8. The van der Waals surface area contributed by atoms with Gasteiger partial charge >= 0.3 is 0 Å². The number of hydrogen-bond acceptors (Lipinski definition) is 3. The van der Waals surface area contributed by atoms with Gasteiger partial charge < -0.3 is 5.32 Å². The molecule has 5 heteroatoms.